The van der Waals surface area contributed by atoms with Crippen molar-refractivity contribution in [2.45, 2.75) is 13.0 Å². The number of rotatable bonds is 5. The lowest BCUT2D eigenvalue weighted by Gasteiger charge is -2.15. The normalized spacial score (nSPS) is 9.88. The van der Waals surface area contributed by atoms with E-state index in [1.807, 2.05) is 4.57 Å². The van der Waals surface area contributed by atoms with Gasteiger partial charge in [0.15, 0.2) is 0 Å². The Balaban J connectivity index is 2.31. The van der Waals surface area contributed by atoms with Gasteiger partial charge in [-0.25, -0.2) is 4.98 Å². The van der Waals surface area contributed by atoms with Gasteiger partial charge in [-0.15, -0.1) is 0 Å². The highest BCUT2D eigenvalue weighted by Gasteiger charge is 2.12. The van der Waals surface area contributed by atoms with Crippen molar-refractivity contribution in [1.29, 1.82) is 0 Å². The molecule has 0 aliphatic heterocycles. The smallest absolute Gasteiger partial charge is 0.325 e. The Morgan fingerprint density at radius 3 is 2.81 bits per heavy atom. The molecule has 0 saturated carbocycles. The first-order valence-corrected chi connectivity index (χ1v) is 4.90. The fraction of sp³-hybridized carbons (Fsp3) is 0.500. The summed E-state index contributed by atoms with van der Waals surface area (Å²) in [5.74, 6) is -0.516. The maximum absolute atomic E-state index is 11.6. The van der Waals surface area contributed by atoms with Gasteiger partial charge in [0.1, 0.15) is 6.54 Å². The molecule has 1 aromatic heterocycles. The predicted molar refractivity (Wildman–Crippen MR) is 56.5 cm³/mol. The molecule has 0 aromatic carbocycles. The second kappa shape index (κ2) is 5.89. The van der Waals surface area contributed by atoms with Crippen LogP contribution in [0, 0.1) is 0 Å². The lowest BCUT2D eigenvalue weighted by atomic mass is 10.3. The molecule has 1 heterocycles. The van der Waals surface area contributed by atoms with E-state index in [1.165, 1.54) is 12.0 Å². The van der Waals surface area contributed by atoms with E-state index in [9.17, 15) is 9.59 Å². The van der Waals surface area contributed by atoms with Crippen LogP contribution in [0.25, 0.3) is 0 Å². The summed E-state index contributed by atoms with van der Waals surface area (Å²) < 4.78 is 6.28. The number of carbonyl (C=O) groups excluding carboxylic acids is 2. The van der Waals surface area contributed by atoms with Gasteiger partial charge in [-0.1, -0.05) is 0 Å². The van der Waals surface area contributed by atoms with E-state index in [0.717, 1.165) is 0 Å². The number of esters is 1. The van der Waals surface area contributed by atoms with E-state index in [2.05, 4.69) is 9.72 Å². The molecule has 16 heavy (non-hydrogen) atoms. The molecule has 0 fully saturated rings. The van der Waals surface area contributed by atoms with Crippen molar-refractivity contribution < 1.29 is 14.3 Å². The van der Waals surface area contributed by atoms with Crippen molar-refractivity contribution in [3.8, 4) is 0 Å². The van der Waals surface area contributed by atoms with Crippen molar-refractivity contribution in [2.75, 3.05) is 20.7 Å². The molecule has 6 heteroatoms. The van der Waals surface area contributed by atoms with Crippen LogP contribution < -0.4 is 0 Å². The molecule has 1 amide bonds. The summed E-state index contributed by atoms with van der Waals surface area (Å²) >= 11 is 0. The zero-order valence-electron chi connectivity index (χ0n) is 9.42. The van der Waals surface area contributed by atoms with Crippen LogP contribution in [0.1, 0.15) is 6.42 Å². The van der Waals surface area contributed by atoms with Crippen LogP contribution >= 0.6 is 0 Å². The summed E-state index contributed by atoms with van der Waals surface area (Å²) in [5, 5.41) is 0. The quantitative estimate of drug-likeness (QED) is 0.657. The van der Waals surface area contributed by atoms with Gasteiger partial charge in [0.05, 0.1) is 13.4 Å². The number of aryl methyl sites for hydroxylation is 1. The second-order valence-electron chi connectivity index (χ2n) is 3.38. The Bertz CT molecular complexity index is 348. The van der Waals surface area contributed by atoms with Gasteiger partial charge in [-0.05, 0) is 0 Å². The fourth-order valence-corrected chi connectivity index (χ4v) is 1.18. The first-order valence-electron chi connectivity index (χ1n) is 4.90. The minimum atomic E-state index is -0.418. The molecular weight excluding hydrogens is 210 g/mol. The predicted octanol–water partition coefficient (Wildman–Crippen LogP) is -0.0954. The molecule has 1 aromatic rings. The van der Waals surface area contributed by atoms with E-state index in [4.69, 9.17) is 0 Å². The van der Waals surface area contributed by atoms with Crippen molar-refractivity contribution in [3.05, 3.63) is 18.7 Å². The van der Waals surface area contributed by atoms with Gasteiger partial charge >= 0.3 is 5.97 Å². The minimum Gasteiger partial charge on any atom is -0.468 e. The third-order valence-corrected chi connectivity index (χ3v) is 2.16. The summed E-state index contributed by atoms with van der Waals surface area (Å²) in [4.78, 5) is 27.7. The number of hydrogen-bond donors (Lipinski definition) is 0. The molecule has 0 atom stereocenters. The first-order chi connectivity index (χ1) is 7.63. The van der Waals surface area contributed by atoms with E-state index in [0.29, 0.717) is 13.0 Å². The molecule has 0 spiro atoms. The van der Waals surface area contributed by atoms with E-state index < -0.39 is 5.97 Å². The van der Waals surface area contributed by atoms with Gasteiger partial charge in [-0.3, -0.25) is 9.59 Å². The van der Waals surface area contributed by atoms with Crippen molar-refractivity contribution in [3.63, 3.8) is 0 Å². The Morgan fingerprint density at radius 2 is 2.25 bits per heavy atom. The molecule has 0 unspecified atom stereocenters. The molecule has 0 radical (unpaired) electrons. The number of methoxy groups -OCH3 is 1. The Labute approximate surface area is 93.8 Å². The van der Waals surface area contributed by atoms with Crippen LogP contribution in [0.3, 0.4) is 0 Å². The number of aromatic nitrogens is 2. The standard InChI is InChI=1S/C10H15N3O3/c1-12(7-10(15)16-2)9(14)3-5-13-6-4-11-8-13/h4,6,8H,3,5,7H2,1-2H3. The lowest BCUT2D eigenvalue weighted by molar-refractivity contribution is -0.146. The molecule has 0 N–H and O–H groups in total. The average Bonchev–Trinajstić information content (AvgIpc) is 2.78. The molecule has 0 saturated heterocycles. The Kier molecular flexibility index (Phi) is 4.50. The molecule has 1 rings (SSSR count). The van der Waals surface area contributed by atoms with Gasteiger partial charge in [0, 0.05) is 32.4 Å². The van der Waals surface area contributed by atoms with Crippen LogP contribution in [0.5, 0.6) is 0 Å². The summed E-state index contributed by atoms with van der Waals surface area (Å²) in [6, 6.07) is 0. The summed E-state index contributed by atoms with van der Waals surface area (Å²) in [6.07, 6.45) is 5.42. The maximum Gasteiger partial charge on any atom is 0.325 e. The van der Waals surface area contributed by atoms with E-state index >= 15 is 0 Å². The lowest BCUT2D eigenvalue weighted by Crippen LogP contribution is -2.33. The largest absolute Gasteiger partial charge is 0.468 e. The third kappa shape index (κ3) is 3.72. The number of amides is 1. The number of likely N-dealkylation sites (N-methyl/N-ethyl adjacent to an activating group) is 1. The number of hydrogen-bond acceptors (Lipinski definition) is 4. The minimum absolute atomic E-state index is 0.0146. The first kappa shape index (κ1) is 12.2. The number of carbonyl (C=O) groups is 2. The van der Waals surface area contributed by atoms with Crippen molar-refractivity contribution in [1.82, 2.24) is 14.5 Å². The maximum atomic E-state index is 11.6. The molecular formula is C10H15N3O3. The Hall–Kier alpha value is -1.85. The zero-order valence-corrected chi connectivity index (χ0v) is 9.42. The van der Waals surface area contributed by atoms with E-state index in [1.54, 1.807) is 25.8 Å². The highest BCUT2D eigenvalue weighted by atomic mass is 16.5. The highest BCUT2D eigenvalue weighted by molar-refractivity contribution is 5.81. The molecule has 6 nitrogen and oxygen atoms in total. The van der Waals surface area contributed by atoms with Crippen LogP contribution in [0.15, 0.2) is 18.7 Å². The van der Waals surface area contributed by atoms with Crippen LogP contribution in [-0.4, -0.2) is 47.0 Å². The number of imidazole rings is 1. The monoisotopic (exact) mass is 225 g/mol. The second-order valence-corrected chi connectivity index (χ2v) is 3.38. The van der Waals surface area contributed by atoms with Gasteiger partial charge in [0.25, 0.3) is 0 Å². The summed E-state index contributed by atoms with van der Waals surface area (Å²) in [7, 11) is 2.87. The third-order valence-electron chi connectivity index (χ3n) is 2.16. The van der Waals surface area contributed by atoms with Gasteiger partial charge in [-0.2, -0.15) is 0 Å². The molecule has 88 valence electrons. The van der Waals surface area contributed by atoms with Crippen molar-refractivity contribution >= 4 is 11.9 Å². The summed E-state index contributed by atoms with van der Waals surface area (Å²) in [5.41, 5.74) is 0. The van der Waals surface area contributed by atoms with Crippen LogP contribution in [0.4, 0.5) is 0 Å². The van der Waals surface area contributed by atoms with Gasteiger partial charge < -0.3 is 14.2 Å². The number of nitrogens with zero attached hydrogens (tertiary/aromatic N) is 3. The van der Waals surface area contributed by atoms with Gasteiger partial charge in [0.2, 0.25) is 5.91 Å². The highest BCUT2D eigenvalue weighted by Crippen LogP contribution is 1.96. The Morgan fingerprint density at radius 1 is 1.50 bits per heavy atom. The fourth-order valence-electron chi connectivity index (χ4n) is 1.18. The molecule has 0 aliphatic rings. The van der Waals surface area contributed by atoms with Crippen LogP contribution in [0.2, 0.25) is 0 Å². The number of ether oxygens (including phenoxy) is 1. The topological polar surface area (TPSA) is 64.4 Å². The van der Waals surface area contributed by atoms with E-state index in [-0.39, 0.29) is 12.5 Å². The average molecular weight is 225 g/mol. The zero-order chi connectivity index (χ0) is 12.0. The van der Waals surface area contributed by atoms with Crippen LogP contribution in [-0.2, 0) is 20.9 Å². The SMILES string of the molecule is COC(=O)CN(C)C(=O)CCn1ccnc1. The molecule has 0 bridgehead atoms. The van der Waals surface area contributed by atoms with Crippen molar-refractivity contribution in [2.24, 2.45) is 0 Å². The summed E-state index contributed by atoms with van der Waals surface area (Å²) in [6.45, 7) is 0.545. The molecule has 0 aliphatic carbocycles.